The normalized spacial score (nSPS) is 11.3. The molecular formula is C22H19N3O2S. The van der Waals surface area contributed by atoms with E-state index in [-0.39, 0.29) is 17.9 Å². The molecule has 2 N–H and O–H groups in total. The first-order valence-electron chi connectivity index (χ1n) is 8.78. The van der Waals surface area contributed by atoms with E-state index in [9.17, 15) is 9.59 Å². The molecule has 0 aliphatic carbocycles. The second kappa shape index (κ2) is 8.98. The molecule has 0 saturated carbocycles. The number of hydrogen-bond donors (Lipinski definition) is 2. The lowest BCUT2D eigenvalue weighted by molar-refractivity contribution is 0.0935. The van der Waals surface area contributed by atoms with Crippen molar-refractivity contribution in [2.75, 3.05) is 0 Å². The minimum absolute atomic E-state index is 0.104. The molecule has 0 unspecified atom stereocenters. The highest BCUT2D eigenvalue weighted by Crippen LogP contribution is 2.15. The van der Waals surface area contributed by atoms with Gasteiger partial charge in [-0.15, -0.1) is 11.3 Å². The lowest BCUT2D eigenvalue weighted by Gasteiger charge is -2.14. The number of nitrogens with zero attached hydrogens (tertiary/aromatic N) is 1. The van der Waals surface area contributed by atoms with Gasteiger partial charge in [-0.1, -0.05) is 30.3 Å². The molecule has 1 heterocycles. The van der Waals surface area contributed by atoms with Crippen LogP contribution in [0.2, 0.25) is 0 Å². The molecule has 3 aromatic rings. The highest BCUT2D eigenvalue weighted by molar-refractivity contribution is 7.12. The molecule has 140 valence electrons. The first-order chi connectivity index (χ1) is 13.6. The molecule has 0 saturated heterocycles. The summed E-state index contributed by atoms with van der Waals surface area (Å²) < 4.78 is 0. The third-order valence-corrected chi connectivity index (χ3v) is 5.17. The van der Waals surface area contributed by atoms with Crippen molar-refractivity contribution in [2.24, 2.45) is 0 Å². The quantitative estimate of drug-likeness (QED) is 0.667. The van der Waals surface area contributed by atoms with Crippen LogP contribution in [0, 0.1) is 11.3 Å². The summed E-state index contributed by atoms with van der Waals surface area (Å²) in [5.74, 6) is -0.279. The van der Waals surface area contributed by atoms with Crippen molar-refractivity contribution in [2.45, 2.75) is 19.5 Å². The second-order valence-electron chi connectivity index (χ2n) is 6.29. The zero-order valence-corrected chi connectivity index (χ0v) is 16.1. The van der Waals surface area contributed by atoms with Crippen LogP contribution in [0.4, 0.5) is 0 Å². The summed E-state index contributed by atoms with van der Waals surface area (Å²) in [5, 5.41) is 16.5. The standard InChI is InChI=1S/C22H19N3O2S/c1-15(18-8-4-16(13-23)5-9-18)25-21(26)19-10-6-17(7-11-19)14-24-22(27)20-3-2-12-28-20/h2-12,15H,14H2,1H3,(H,24,27)(H,25,26)/t15-/m1/s1. The van der Waals surface area contributed by atoms with E-state index in [4.69, 9.17) is 5.26 Å². The smallest absolute Gasteiger partial charge is 0.261 e. The Morgan fingerprint density at radius 3 is 2.36 bits per heavy atom. The maximum absolute atomic E-state index is 12.5. The predicted molar refractivity (Wildman–Crippen MR) is 109 cm³/mol. The molecule has 2 amide bonds. The fourth-order valence-corrected chi connectivity index (χ4v) is 3.30. The maximum atomic E-state index is 12.5. The molecule has 3 rings (SSSR count). The van der Waals surface area contributed by atoms with Crippen molar-refractivity contribution in [3.05, 3.63) is 93.2 Å². The molecule has 0 aliphatic heterocycles. The summed E-state index contributed by atoms with van der Waals surface area (Å²) in [7, 11) is 0. The highest BCUT2D eigenvalue weighted by Gasteiger charge is 2.12. The van der Waals surface area contributed by atoms with Gasteiger partial charge in [-0.05, 0) is 53.8 Å². The van der Waals surface area contributed by atoms with E-state index in [1.807, 2.05) is 42.6 Å². The summed E-state index contributed by atoms with van der Waals surface area (Å²) in [6.07, 6.45) is 0. The number of benzene rings is 2. The summed E-state index contributed by atoms with van der Waals surface area (Å²) in [4.78, 5) is 25.1. The zero-order valence-electron chi connectivity index (χ0n) is 15.3. The maximum Gasteiger partial charge on any atom is 0.261 e. The lowest BCUT2D eigenvalue weighted by atomic mass is 10.1. The van der Waals surface area contributed by atoms with Crippen molar-refractivity contribution in [3.63, 3.8) is 0 Å². The van der Waals surface area contributed by atoms with Crippen LogP contribution in [0.25, 0.3) is 0 Å². The minimum atomic E-state index is -0.176. The summed E-state index contributed by atoms with van der Waals surface area (Å²) in [6, 6.07) is 19.8. The van der Waals surface area contributed by atoms with Gasteiger partial charge in [0.25, 0.3) is 11.8 Å². The SMILES string of the molecule is C[C@@H](NC(=O)c1ccc(CNC(=O)c2cccs2)cc1)c1ccc(C#N)cc1. The fraction of sp³-hybridized carbons (Fsp3) is 0.136. The molecular weight excluding hydrogens is 370 g/mol. The molecule has 5 nitrogen and oxygen atoms in total. The third-order valence-electron chi connectivity index (χ3n) is 4.30. The Kier molecular flexibility index (Phi) is 6.20. The van der Waals surface area contributed by atoms with E-state index >= 15 is 0 Å². The number of carbonyl (C=O) groups excluding carboxylic acids is 2. The Bertz CT molecular complexity index is 988. The number of nitrogens with one attached hydrogen (secondary N) is 2. The Hall–Kier alpha value is -3.43. The van der Waals surface area contributed by atoms with Crippen molar-refractivity contribution < 1.29 is 9.59 Å². The Balaban J connectivity index is 1.55. The summed E-state index contributed by atoms with van der Waals surface area (Å²) in [5.41, 5.74) is 2.99. The van der Waals surface area contributed by atoms with E-state index in [0.29, 0.717) is 22.5 Å². The van der Waals surface area contributed by atoms with Gasteiger partial charge in [-0.3, -0.25) is 9.59 Å². The van der Waals surface area contributed by atoms with Gasteiger partial charge in [0.1, 0.15) is 0 Å². The lowest BCUT2D eigenvalue weighted by Crippen LogP contribution is -2.26. The summed E-state index contributed by atoms with van der Waals surface area (Å²) in [6.45, 7) is 2.30. The number of thiophene rings is 1. The van der Waals surface area contributed by atoms with Crippen molar-refractivity contribution in [3.8, 4) is 6.07 Å². The number of nitriles is 1. The number of rotatable bonds is 6. The Labute approximate surface area is 167 Å². The van der Waals surface area contributed by atoms with Gasteiger partial charge in [0.15, 0.2) is 0 Å². The Morgan fingerprint density at radius 2 is 1.75 bits per heavy atom. The van der Waals surface area contributed by atoms with Gasteiger partial charge in [0.2, 0.25) is 0 Å². The molecule has 28 heavy (non-hydrogen) atoms. The van der Waals surface area contributed by atoms with Gasteiger partial charge < -0.3 is 10.6 Å². The topological polar surface area (TPSA) is 82.0 Å². The van der Waals surface area contributed by atoms with Crippen LogP contribution >= 0.6 is 11.3 Å². The molecule has 0 bridgehead atoms. The van der Waals surface area contributed by atoms with Crippen LogP contribution in [-0.2, 0) is 6.54 Å². The van der Waals surface area contributed by atoms with E-state index in [1.54, 1.807) is 30.3 Å². The van der Waals surface area contributed by atoms with E-state index in [1.165, 1.54) is 11.3 Å². The molecule has 1 atom stereocenters. The van der Waals surface area contributed by atoms with E-state index < -0.39 is 0 Å². The molecule has 0 fully saturated rings. The van der Waals surface area contributed by atoms with Gasteiger partial charge in [0.05, 0.1) is 22.6 Å². The van der Waals surface area contributed by atoms with E-state index in [2.05, 4.69) is 16.7 Å². The fourth-order valence-electron chi connectivity index (χ4n) is 2.66. The van der Waals surface area contributed by atoms with Gasteiger partial charge in [0, 0.05) is 12.1 Å². The largest absolute Gasteiger partial charge is 0.347 e. The predicted octanol–water partition coefficient (Wildman–Crippen LogP) is 4.04. The van der Waals surface area contributed by atoms with Crippen molar-refractivity contribution in [1.29, 1.82) is 5.26 Å². The number of hydrogen-bond acceptors (Lipinski definition) is 4. The van der Waals surface area contributed by atoms with Gasteiger partial charge in [-0.2, -0.15) is 5.26 Å². The monoisotopic (exact) mass is 389 g/mol. The molecule has 6 heteroatoms. The Morgan fingerprint density at radius 1 is 1.04 bits per heavy atom. The summed E-state index contributed by atoms with van der Waals surface area (Å²) >= 11 is 1.40. The van der Waals surface area contributed by atoms with Crippen LogP contribution < -0.4 is 10.6 Å². The van der Waals surface area contributed by atoms with Crippen molar-refractivity contribution >= 4 is 23.2 Å². The zero-order chi connectivity index (χ0) is 19.9. The first kappa shape index (κ1) is 19.3. The molecule has 0 aliphatic rings. The highest BCUT2D eigenvalue weighted by atomic mass is 32.1. The van der Waals surface area contributed by atoms with Crippen LogP contribution in [0.3, 0.4) is 0 Å². The average molecular weight is 389 g/mol. The molecule has 2 aromatic carbocycles. The van der Waals surface area contributed by atoms with Crippen LogP contribution in [0.5, 0.6) is 0 Å². The first-order valence-corrected chi connectivity index (χ1v) is 9.66. The molecule has 1 aromatic heterocycles. The van der Waals surface area contributed by atoms with Crippen LogP contribution in [-0.4, -0.2) is 11.8 Å². The molecule has 0 spiro atoms. The number of carbonyl (C=O) groups is 2. The van der Waals surface area contributed by atoms with Crippen LogP contribution in [0.1, 0.15) is 49.7 Å². The average Bonchev–Trinajstić information content (AvgIpc) is 3.27. The van der Waals surface area contributed by atoms with Gasteiger partial charge >= 0.3 is 0 Å². The van der Waals surface area contributed by atoms with Gasteiger partial charge in [-0.25, -0.2) is 0 Å². The molecule has 0 radical (unpaired) electrons. The minimum Gasteiger partial charge on any atom is -0.347 e. The third kappa shape index (κ3) is 4.84. The second-order valence-corrected chi connectivity index (χ2v) is 7.23. The van der Waals surface area contributed by atoms with Crippen LogP contribution in [0.15, 0.2) is 66.0 Å². The van der Waals surface area contributed by atoms with E-state index in [0.717, 1.165) is 11.1 Å². The van der Waals surface area contributed by atoms with Crippen molar-refractivity contribution in [1.82, 2.24) is 10.6 Å². The number of amides is 2.